The number of halogens is 1. The number of nitrogens with zero attached hydrogens (tertiary/aromatic N) is 3. The van der Waals surface area contributed by atoms with Crippen molar-refractivity contribution in [3.8, 4) is 0 Å². The van der Waals surface area contributed by atoms with E-state index >= 15 is 0 Å². The summed E-state index contributed by atoms with van der Waals surface area (Å²) < 4.78 is 22.9. The third-order valence-electron chi connectivity index (χ3n) is 5.03. The molecule has 0 saturated carbocycles. The van der Waals surface area contributed by atoms with E-state index in [0.717, 1.165) is 38.6 Å². The molecule has 2 aliphatic rings. The second kappa shape index (κ2) is 10.5. The van der Waals surface area contributed by atoms with Gasteiger partial charge in [0.25, 0.3) is 0 Å². The summed E-state index contributed by atoms with van der Waals surface area (Å²) in [7, 11) is -1.02. The van der Waals surface area contributed by atoms with Crippen LogP contribution in [0, 0.1) is 0 Å². The summed E-state index contributed by atoms with van der Waals surface area (Å²) in [4.78, 5) is 8.89. The first-order valence-corrected chi connectivity index (χ1v) is 11.1. The first-order chi connectivity index (χ1) is 12.6. The molecule has 2 heterocycles. The standard InChI is InChI=1S/C18H29N5O2S.HI/c1-19-18(20-8-10-22-11-13-26(24,25)14-12-22)21-16-7-9-23(15-16)17-5-3-2-4-6-17;/h2-6,16H,7-15H2,1H3,(H2,19,20,21);1H. The Hall–Kier alpha value is -1.07. The second-order valence-electron chi connectivity index (χ2n) is 6.90. The smallest absolute Gasteiger partial charge is 0.191 e. The summed E-state index contributed by atoms with van der Waals surface area (Å²) in [6.07, 6.45) is 1.08. The maximum atomic E-state index is 11.5. The molecule has 152 valence electrons. The normalized spacial score (nSPS) is 22.9. The summed E-state index contributed by atoms with van der Waals surface area (Å²) >= 11 is 0. The van der Waals surface area contributed by atoms with Crippen molar-refractivity contribution < 1.29 is 8.42 Å². The topological polar surface area (TPSA) is 77.0 Å². The molecule has 9 heteroatoms. The van der Waals surface area contributed by atoms with Gasteiger partial charge >= 0.3 is 0 Å². The van der Waals surface area contributed by atoms with Gasteiger partial charge in [-0.1, -0.05) is 18.2 Å². The van der Waals surface area contributed by atoms with Gasteiger partial charge in [0.1, 0.15) is 0 Å². The number of hydrogen-bond acceptors (Lipinski definition) is 5. The summed E-state index contributed by atoms with van der Waals surface area (Å²) in [6.45, 7) is 4.86. The zero-order valence-corrected chi connectivity index (χ0v) is 18.9. The van der Waals surface area contributed by atoms with Crippen molar-refractivity contribution in [3.63, 3.8) is 0 Å². The summed E-state index contributed by atoms with van der Waals surface area (Å²) in [5.74, 6) is 1.36. The Bertz CT molecular complexity index is 700. The lowest BCUT2D eigenvalue weighted by Crippen LogP contribution is -2.48. The Kier molecular flexibility index (Phi) is 8.62. The van der Waals surface area contributed by atoms with Crippen molar-refractivity contribution in [2.24, 2.45) is 4.99 Å². The van der Waals surface area contributed by atoms with Crippen LogP contribution >= 0.6 is 24.0 Å². The number of anilines is 1. The molecule has 27 heavy (non-hydrogen) atoms. The van der Waals surface area contributed by atoms with Gasteiger partial charge in [0.05, 0.1) is 11.5 Å². The van der Waals surface area contributed by atoms with Crippen molar-refractivity contribution in [2.45, 2.75) is 12.5 Å². The first kappa shape index (κ1) is 22.2. The van der Waals surface area contributed by atoms with Crippen LogP contribution < -0.4 is 15.5 Å². The van der Waals surface area contributed by atoms with Gasteiger partial charge in [-0.25, -0.2) is 8.42 Å². The Morgan fingerprint density at radius 3 is 2.56 bits per heavy atom. The molecule has 0 radical (unpaired) electrons. The maximum Gasteiger partial charge on any atom is 0.191 e. The van der Waals surface area contributed by atoms with E-state index in [1.807, 2.05) is 6.07 Å². The van der Waals surface area contributed by atoms with Crippen LogP contribution in [0.2, 0.25) is 0 Å². The van der Waals surface area contributed by atoms with E-state index in [0.29, 0.717) is 19.1 Å². The molecule has 0 bridgehead atoms. The zero-order valence-electron chi connectivity index (χ0n) is 15.8. The summed E-state index contributed by atoms with van der Waals surface area (Å²) in [5, 5.41) is 6.85. The Morgan fingerprint density at radius 1 is 1.19 bits per heavy atom. The van der Waals surface area contributed by atoms with Crippen molar-refractivity contribution in [3.05, 3.63) is 30.3 Å². The second-order valence-corrected chi connectivity index (χ2v) is 9.21. The number of benzene rings is 1. The highest BCUT2D eigenvalue weighted by Crippen LogP contribution is 2.19. The van der Waals surface area contributed by atoms with E-state index < -0.39 is 9.84 Å². The SMILES string of the molecule is CN=C(NCCN1CCS(=O)(=O)CC1)NC1CCN(c2ccccc2)C1.I. The van der Waals surface area contributed by atoms with Gasteiger partial charge in [-0.15, -0.1) is 24.0 Å². The van der Waals surface area contributed by atoms with Crippen LogP contribution in [0.1, 0.15) is 6.42 Å². The highest BCUT2D eigenvalue weighted by molar-refractivity contribution is 14.0. The monoisotopic (exact) mass is 507 g/mol. The average molecular weight is 507 g/mol. The number of sulfone groups is 1. The third kappa shape index (κ3) is 6.79. The molecule has 2 saturated heterocycles. The van der Waals surface area contributed by atoms with E-state index in [1.165, 1.54) is 5.69 Å². The molecule has 1 aromatic carbocycles. The lowest BCUT2D eigenvalue weighted by molar-refractivity contribution is 0.299. The molecule has 1 aromatic rings. The van der Waals surface area contributed by atoms with Crippen molar-refractivity contribution >= 4 is 45.5 Å². The molecule has 0 aromatic heterocycles. The fourth-order valence-electron chi connectivity index (χ4n) is 3.45. The minimum absolute atomic E-state index is 0. The number of rotatable bonds is 5. The molecule has 2 fully saturated rings. The van der Waals surface area contributed by atoms with Crippen molar-refractivity contribution in [1.29, 1.82) is 0 Å². The molecular formula is C18H30IN5O2S. The minimum Gasteiger partial charge on any atom is -0.369 e. The van der Waals surface area contributed by atoms with Crippen LogP contribution in [0.15, 0.2) is 35.3 Å². The van der Waals surface area contributed by atoms with Crippen molar-refractivity contribution in [2.75, 3.05) is 62.7 Å². The number of hydrogen-bond donors (Lipinski definition) is 2. The van der Waals surface area contributed by atoms with E-state index in [2.05, 4.69) is 49.7 Å². The molecule has 7 nitrogen and oxygen atoms in total. The van der Waals surface area contributed by atoms with Gasteiger partial charge in [-0.2, -0.15) is 0 Å². The van der Waals surface area contributed by atoms with Crippen LogP contribution in [-0.4, -0.2) is 83.1 Å². The Morgan fingerprint density at radius 2 is 1.89 bits per heavy atom. The lowest BCUT2D eigenvalue weighted by Gasteiger charge is -2.27. The van der Waals surface area contributed by atoms with E-state index in [-0.39, 0.29) is 35.5 Å². The highest BCUT2D eigenvalue weighted by Gasteiger charge is 2.24. The van der Waals surface area contributed by atoms with Crippen LogP contribution in [0.3, 0.4) is 0 Å². The molecule has 2 aliphatic heterocycles. The highest BCUT2D eigenvalue weighted by atomic mass is 127. The maximum absolute atomic E-state index is 11.5. The van der Waals surface area contributed by atoms with Gasteiger partial charge in [-0.05, 0) is 18.6 Å². The van der Waals surface area contributed by atoms with Crippen LogP contribution in [0.25, 0.3) is 0 Å². The van der Waals surface area contributed by atoms with Gasteiger partial charge in [0.2, 0.25) is 0 Å². The number of nitrogens with one attached hydrogen (secondary N) is 2. The molecule has 0 spiro atoms. The minimum atomic E-state index is -2.81. The number of para-hydroxylation sites is 1. The van der Waals surface area contributed by atoms with Crippen molar-refractivity contribution in [1.82, 2.24) is 15.5 Å². The first-order valence-electron chi connectivity index (χ1n) is 9.26. The molecule has 1 atom stereocenters. The van der Waals surface area contributed by atoms with Gasteiger partial charge in [0.15, 0.2) is 15.8 Å². The lowest BCUT2D eigenvalue weighted by atomic mass is 10.3. The average Bonchev–Trinajstić information content (AvgIpc) is 3.11. The quantitative estimate of drug-likeness (QED) is 0.349. The largest absolute Gasteiger partial charge is 0.369 e. The fraction of sp³-hybridized carbons (Fsp3) is 0.611. The number of aliphatic imine (C=N–C) groups is 1. The molecule has 1 unspecified atom stereocenters. The summed E-state index contributed by atoms with van der Waals surface area (Å²) in [6, 6.07) is 10.9. The van der Waals surface area contributed by atoms with E-state index in [1.54, 1.807) is 7.05 Å². The predicted octanol–water partition coefficient (Wildman–Crippen LogP) is 0.779. The zero-order chi connectivity index (χ0) is 18.4. The molecule has 0 aliphatic carbocycles. The van der Waals surface area contributed by atoms with E-state index in [4.69, 9.17) is 0 Å². The summed E-state index contributed by atoms with van der Waals surface area (Å²) in [5.41, 5.74) is 1.26. The molecule has 3 rings (SSSR count). The Balaban J connectivity index is 0.00000261. The third-order valence-corrected chi connectivity index (χ3v) is 6.64. The molecule has 2 N–H and O–H groups in total. The number of guanidine groups is 1. The predicted molar refractivity (Wildman–Crippen MR) is 122 cm³/mol. The van der Waals surface area contributed by atoms with Gasteiger partial charge < -0.3 is 15.5 Å². The van der Waals surface area contributed by atoms with Crippen LogP contribution in [0.5, 0.6) is 0 Å². The van der Waals surface area contributed by atoms with Crippen LogP contribution in [0.4, 0.5) is 5.69 Å². The Labute approximate surface area is 179 Å². The van der Waals surface area contributed by atoms with Crippen LogP contribution in [-0.2, 0) is 9.84 Å². The van der Waals surface area contributed by atoms with E-state index in [9.17, 15) is 8.42 Å². The van der Waals surface area contributed by atoms with Gasteiger partial charge in [-0.3, -0.25) is 9.89 Å². The fourth-order valence-corrected chi connectivity index (χ4v) is 4.72. The van der Waals surface area contributed by atoms with Gasteiger partial charge in [0, 0.05) is 58.0 Å². The molecular weight excluding hydrogens is 477 g/mol. The molecule has 0 amide bonds.